The van der Waals surface area contributed by atoms with Gasteiger partial charge in [-0.15, -0.1) is 10.2 Å². The van der Waals surface area contributed by atoms with Gasteiger partial charge in [0.15, 0.2) is 0 Å². The van der Waals surface area contributed by atoms with Gasteiger partial charge in [0.2, 0.25) is 5.89 Å². The van der Waals surface area contributed by atoms with E-state index in [1.807, 2.05) is 0 Å². The molecular formula is C20H24N2OS. The highest BCUT2D eigenvalue weighted by molar-refractivity contribution is 7.98. The molecule has 1 heterocycles. The van der Waals surface area contributed by atoms with E-state index < -0.39 is 0 Å². The van der Waals surface area contributed by atoms with Crippen LogP contribution < -0.4 is 0 Å². The van der Waals surface area contributed by atoms with E-state index in [-0.39, 0.29) is 5.41 Å². The summed E-state index contributed by atoms with van der Waals surface area (Å²) in [6.45, 7) is 2.12. The molecule has 4 aliphatic carbocycles. The molecule has 4 bridgehead atoms. The van der Waals surface area contributed by atoms with Crippen LogP contribution in [0.2, 0.25) is 0 Å². The monoisotopic (exact) mass is 340 g/mol. The van der Waals surface area contributed by atoms with E-state index in [1.54, 1.807) is 11.8 Å². The first-order valence-corrected chi connectivity index (χ1v) is 10.2. The Kier molecular flexibility index (Phi) is 3.51. The van der Waals surface area contributed by atoms with Gasteiger partial charge in [-0.2, -0.15) is 0 Å². The Hall–Kier alpha value is -1.29. The van der Waals surface area contributed by atoms with Gasteiger partial charge in [-0.3, -0.25) is 0 Å². The minimum Gasteiger partial charge on any atom is -0.415 e. The lowest BCUT2D eigenvalue weighted by Gasteiger charge is -2.55. The molecule has 1 aromatic heterocycles. The lowest BCUT2D eigenvalue weighted by Crippen LogP contribution is -2.48. The van der Waals surface area contributed by atoms with Gasteiger partial charge in [0.05, 0.1) is 0 Å². The van der Waals surface area contributed by atoms with Gasteiger partial charge in [0.1, 0.15) is 0 Å². The summed E-state index contributed by atoms with van der Waals surface area (Å²) in [6.07, 6.45) is 8.18. The Bertz CT molecular complexity index is 701. The van der Waals surface area contributed by atoms with E-state index in [2.05, 4.69) is 41.4 Å². The normalized spacial score (nSPS) is 34.0. The molecule has 3 nitrogen and oxygen atoms in total. The van der Waals surface area contributed by atoms with Crippen molar-refractivity contribution in [2.45, 2.75) is 61.8 Å². The molecule has 0 N–H and O–H groups in total. The number of aryl methyl sites for hydroxylation is 1. The van der Waals surface area contributed by atoms with Crippen molar-refractivity contribution < 1.29 is 4.42 Å². The molecule has 4 saturated carbocycles. The van der Waals surface area contributed by atoms with Crippen LogP contribution in [0.1, 0.15) is 55.5 Å². The first kappa shape index (κ1) is 15.0. The number of hydrogen-bond donors (Lipinski definition) is 0. The summed E-state index contributed by atoms with van der Waals surface area (Å²) in [5.74, 6) is 4.56. The highest BCUT2D eigenvalue weighted by atomic mass is 32.2. The minimum absolute atomic E-state index is 0.213. The number of nitrogens with zero attached hydrogens (tertiary/aromatic N) is 2. The van der Waals surface area contributed by atoms with Crippen molar-refractivity contribution in [3.05, 3.63) is 41.3 Å². The molecule has 1 aromatic carbocycles. The topological polar surface area (TPSA) is 38.9 Å². The highest BCUT2D eigenvalue weighted by Gasteiger charge is 2.54. The predicted octanol–water partition coefficient (Wildman–Crippen LogP) is 5.14. The molecular weight excluding hydrogens is 316 g/mol. The number of benzene rings is 1. The fourth-order valence-electron chi connectivity index (χ4n) is 5.68. The second-order valence-electron chi connectivity index (χ2n) is 8.35. The SMILES string of the molecule is Cc1ccc(CSc2nnc(C34CC5CC(CC(C5)C3)C4)o2)cc1. The summed E-state index contributed by atoms with van der Waals surface area (Å²) in [7, 11) is 0. The van der Waals surface area contributed by atoms with Crippen molar-refractivity contribution in [1.82, 2.24) is 10.2 Å². The van der Waals surface area contributed by atoms with Crippen molar-refractivity contribution in [3.8, 4) is 0 Å². The molecule has 4 heteroatoms. The Balaban J connectivity index is 1.31. The molecule has 0 saturated heterocycles. The molecule has 6 rings (SSSR count). The van der Waals surface area contributed by atoms with E-state index in [0.717, 1.165) is 34.6 Å². The fourth-order valence-corrected chi connectivity index (χ4v) is 6.40. The predicted molar refractivity (Wildman–Crippen MR) is 94.9 cm³/mol. The van der Waals surface area contributed by atoms with Crippen LogP contribution in [0.4, 0.5) is 0 Å². The van der Waals surface area contributed by atoms with E-state index in [9.17, 15) is 0 Å². The maximum Gasteiger partial charge on any atom is 0.276 e. The third-order valence-corrected chi connectivity index (χ3v) is 7.27. The standard InChI is InChI=1S/C20H24N2OS/c1-13-2-4-14(5-3-13)12-24-19-22-21-18(23-19)20-9-15-6-16(10-20)8-17(7-15)11-20/h2-5,15-17H,6-12H2,1H3. The van der Waals surface area contributed by atoms with Gasteiger partial charge in [0, 0.05) is 11.2 Å². The Morgan fingerprint density at radius 1 is 1.00 bits per heavy atom. The summed E-state index contributed by atoms with van der Waals surface area (Å²) in [5, 5.41) is 9.58. The number of aromatic nitrogens is 2. The average Bonchev–Trinajstić information content (AvgIpc) is 3.03. The third kappa shape index (κ3) is 2.59. The largest absolute Gasteiger partial charge is 0.415 e. The Morgan fingerprint density at radius 2 is 1.62 bits per heavy atom. The Labute approximate surface area is 147 Å². The molecule has 0 spiro atoms. The lowest BCUT2D eigenvalue weighted by molar-refractivity contribution is -0.0191. The molecule has 4 aliphatic rings. The maximum absolute atomic E-state index is 6.15. The number of thioether (sulfide) groups is 1. The van der Waals surface area contributed by atoms with Crippen molar-refractivity contribution in [2.24, 2.45) is 17.8 Å². The van der Waals surface area contributed by atoms with Crippen LogP contribution in [0.3, 0.4) is 0 Å². The molecule has 0 radical (unpaired) electrons. The van der Waals surface area contributed by atoms with Crippen LogP contribution in [0.15, 0.2) is 33.9 Å². The average molecular weight is 340 g/mol. The molecule has 24 heavy (non-hydrogen) atoms. The van der Waals surface area contributed by atoms with Gasteiger partial charge in [-0.1, -0.05) is 41.6 Å². The minimum atomic E-state index is 0.213. The molecule has 2 aromatic rings. The molecule has 0 atom stereocenters. The van der Waals surface area contributed by atoms with Gasteiger partial charge in [-0.05, 0) is 68.8 Å². The van der Waals surface area contributed by atoms with Crippen molar-refractivity contribution in [2.75, 3.05) is 0 Å². The van der Waals surface area contributed by atoms with Crippen LogP contribution in [0, 0.1) is 24.7 Å². The van der Waals surface area contributed by atoms with Crippen molar-refractivity contribution >= 4 is 11.8 Å². The fraction of sp³-hybridized carbons (Fsp3) is 0.600. The summed E-state index contributed by atoms with van der Waals surface area (Å²) in [6, 6.07) is 8.67. The molecule has 0 unspecified atom stereocenters. The molecule has 126 valence electrons. The van der Waals surface area contributed by atoms with E-state index in [1.165, 1.54) is 49.7 Å². The third-order valence-electron chi connectivity index (χ3n) is 6.38. The zero-order valence-electron chi connectivity index (χ0n) is 14.2. The zero-order chi connectivity index (χ0) is 16.1. The molecule has 4 fully saturated rings. The first-order chi connectivity index (χ1) is 11.7. The van der Waals surface area contributed by atoms with Gasteiger partial charge >= 0.3 is 0 Å². The van der Waals surface area contributed by atoms with Crippen molar-refractivity contribution in [3.63, 3.8) is 0 Å². The van der Waals surface area contributed by atoms with Crippen LogP contribution >= 0.6 is 11.8 Å². The van der Waals surface area contributed by atoms with Crippen LogP contribution in [-0.4, -0.2) is 10.2 Å². The first-order valence-electron chi connectivity index (χ1n) is 9.21. The second-order valence-corrected chi connectivity index (χ2v) is 9.27. The van der Waals surface area contributed by atoms with E-state index in [4.69, 9.17) is 4.42 Å². The Morgan fingerprint density at radius 3 is 2.25 bits per heavy atom. The second kappa shape index (κ2) is 5.62. The molecule has 0 aliphatic heterocycles. The van der Waals surface area contributed by atoms with Gasteiger partial charge < -0.3 is 4.42 Å². The summed E-state index contributed by atoms with van der Waals surface area (Å²) < 4.78 is 6.15. The summed E-state index contributed by atoms with van der Waals surface area (Å²) in [4.78, 5) is 0. The smallest absolute Gasteiger partial charge is 0.276 e. The van der Waals surface area contributed by atoms with Crippen molar-refractivity contribution in [1.29, 1.82) is 0 Å². The van der Waals surface area contributed by atoms with Gasteiger partial charge in [-0.25, -0.2) is 0 Å². The zero-order valence-corrected chi connectivity index (χ0v) is 15.0. The van der Waals surface area contributed by atoms with E-state index >= 15 is 0 Å². The van der Waals surface area contributed by atoms with E-state index in [0.29, 0.717) is 0 Å². The van der Waals surface area contributed by atoms with Gasteiger partial charge in [0.25, 0.3) is 5.22 Å². The summed E-state index contributed by atoms with van der Waals surface area (Å²) in [5.41, 5.74) is 2.82. The number of hydrogen-bond acceptors (Lipinski definition) is 4. The van der Waals surface area contributed by atoms with Crippen LogP contribution in [0.25, 0.3) is 0 Å². The number of rotatable bonds is 4. The van der Waals surface area contributed by atoms with Crippen LogP contribution in [-0.2, 0) is 11.2 Å². The van der Waals surface area contributed by atoms with Crippen LogP contribution in [0.5, 0.6) is 0 Å². The highest BCUT2D eigenvalue weighted by Crippen LogP contribution is 2.60. The summed E-state index contributed by atoms with van der Waals surface area (Å²) >= 11 is 1.66. The maximum atomic E-state index is 6.15. The molecule has 0 amide bonds. The lowest BCUT2D eigenvalue weighted by atomic mass is 9.49. The quantitative estimate of drug-likeness (QED) is 0.723.